The highest BCUT2D eigenvalue weighted by Crippen LogP contribution is 2.33. The Labute approximate surface area is 110 Å². The Bertz CT molecular complexity index is 427. The van der Waals surface area contributed by atoms with Gasteiger partial charge in [0.1, 0.15) is 0 Å². The Kier molecular flexibility index (Phi) is 4.44. The third-order valence-electron chi connectivity index (χ3n) is 3.76. The van der Waals surface area contributed by atoms with Crippen molar-refractivity contribution in [2.24, 2.45) is 0 Å². The number of aryl methyl sites for hydroxylation is 1. The molecule has 1 nitrogen and oxygen atoms in total. The van der Waals surface area contributed by atoms with E-state index in [1.165, 1.54) is 18.4 Å². The molecule has 1 aromatic carbocycles. The summed E-state index contributed by atoms with van der Waals surface area (Å²) in [7, 11) is 0. The minimum atomic E-state index is -0.370. The summed E-state index contributed by atoms with van der Waals surface area (Å²) < 4.78 is 0. The molecule has 0 amide bonds. The largest absolute Gasteiger partial charge is 0.390 e. The maximum Gasteiger partial charge on any atom is 0.0648 e. The fourth-order valence-electron chi connectivity index (χ4n) is 2.59. The molecule has 0 aromatic heterocycles. The van der Waals surface area contributed by atoms with Crippen molar-refractivity contribution in [1.82, 2.24) is 0 Å². The number of hydrogen-bond acceptors (Lipinski definition) is 1. The molecule has 1 saturated carbocycles. The van der Waals surface area contributed by atoms with Crippen molar-refractivity contribution in [2.45, 2.75) is 57.5 Å². The monoisotopic (exact) mass is 242 g/mol. The molecule has 1 fully saturated rings. The molecule has 1 N–H and O–H groups in total. The normalized spacial score (nSPS) is 17.2. The quantitative estimate of drug-likeness (QED) is 0.631. The summed E-state index contributed by atoms with van der Waals surface area (Å²) in [6, 6.07) is 8.30. The van der Waals surface area contributed by atoms with Crippen molar-refractivity contribution in [2.75, 3.05) is 0 Å². The SMILES string of the molecule is Cc1ccc(C#CCCCC2(O)CCCC2)cc1. The number of rotatable bonds is 3. The molecule has 96 valence electrons. The molecule has 0 atom stereocenters. The van der Waals surface area contributed by atoms with Crippen LogP contribution in [0.3, 0.4) is 0 Å². The summed E-state index contributed by atoms with van der Waals surface area (Å²) in [5.74, 6) is 6.38. The molecular weight excluding hydrogens is 220 g/mol. The van der Waals surface area contributed by atoms with E-state index >= 15 is 0 Å². The Balaban J connectivity index is 1.74. The van der Waals surface area contributed by atoms with E-state index in [-0.39, 0.29) is 5.60 Å². The summed E-state index contributed by atoms with van der Waals surface area (Å²) in [5, 5.41) is 10.2. The summed E-state index contributed by atoms with van der Waals surface area (Å²) in [4.78, 5) is 0. The third-order valence-corrected chi connectivity index (χ3v) is 3.76. The average molecular weight is 242 g/mol. The van der Waals surface area contributed by atoms with Crippen LogP contribution in [-0.2, 0) is 0 Å². The van der Waals surface area contributed by atoms with Crippen LogP contribution in [0.1, 0.15) is 56.1 Å². The fraction of sp³-hybridized carbons (Fsp3) is 0.529. The van der Waals surface area contributed by atoms with Crippen LogP contribution in [0, 0.1) is 18.8 Å². The lowest BCUT2D eigenvalue weighted by Crippen LogP contribution is -2.23. The molecule has 1 aromatic rings. The molecular formula is C17H22O. The van der Waals surface area contributed by atoms with E-state index in [0.29, 0.717) is 0 Å². The minimum Gasteiger partial charge on any atom is -0.390 e. The number of unbranched alkanes of at least 4 members (excludes halogenated alkanes) is 1. The predicted octanol–water partition coefficient (Wildman–Crippen LogP) is 3.82. The zero-order chi connectivity index (χ0) is 12.8. The molecule has 0 spiro atoms. The molecule has 1 aliphatic rings. The second-order valence-electron chi connectivity index (χ2n) is 5.45. The molecule has 0 heterocycles. The molecule has 0 unspecified atom stereocenters. The molecule has 0 aliphatic heterocycles. The summed E-state index contributed by atoms with van der Waals surface area (Å²) in [5.41, 5.74) is 1.98. The number of hydrogen-bond donors (Lipinski definition) is 1. The van der Waals surface area contributed by atoms with Crippen LogP contribution in [0.4, 0.5) is 0 Å². The van der Waals surface area contributed by atoms with Crippen LogP contribution < -0.4 is 0 Å². The van der Waals surface area contributed by atoms with E-state index in [0.717, 1.165) is 37.7 Å². The lowest BCUT2D eigenvalue weighted by molar-refractivity contribution is 0.0372. The summed E-state index contributed by atoms with van der Waals surface area (Å²) in [6.45, 7) is 2.08. The molecule has 0 radical (unpaired) electrons. The molecule has 1 aliphatic carbocycles. The van der Waals surface area contributed by atoms with Crippen LogP contribution in [-0.4, -0.2) is 10.7 Å². The van der Waals surface area contributed by atoms with Crippen LogP contribution in [0.15, 0.2) is 24.3 Å². The van der Waals surface area contributed by atoms with Crippen LogP contribution in [0.2, 0.25) is 0 Å². The summed E-state index contributed by atoms with van der Waals surface area (Å²) in [6.07, 6.45) is 7.15. The van der Waals surface area contributed by atoms with Crippen LogP contribution in [0.25, 0.3) is 0 Å². The maximum absolute atomic E-state index is 10.2. The van der Waals surface area contributed by atoms with E-state index in [2.05, 4.69) is 43.0 Å². The number of aliphatic hydroxyl groups is 1. The Morgan fingerprint density at radius 1 is 1.17 bits per heavy atom. The minimum absolute atomic E-state index is 0.370. The van der Waals surface area contributed by atoms with Crippen molar-refractivity contribution >= 4 is 0 Å². The van der Waals surface area contributed by atoms with Crippen molar-refractivity contribution in [3.05, 3.63) is 35.4 Å². The maximum atomic E-state index is 10.2. The van der Waals surface area contributed by atoms with Gasteiger partial charge in [0.25, 0.3) is 0 Å². The van der Waals surface area contributed by atoms with Gasteiger partial charge in [0.2, 0.25) is 0 Å². The molecule has 18 heavy (non-hydrogen) atoms. The predicted molar refractivity (Wildman–Crippen MR) is 75.3 cm³/mol. The van der Waals surface area contributed by atoms with Crippen molar-refractivity contribution in [3.63, 3.8) is 0 Å². The van der Waals surface area contributed by atoms with Gasteiger partial charge in [0, 0.05) is 12.0 Å². The van der Waals surface area contributed by atoms with Gasteiger partial charge in [-0.3, -0.25) is 0 Å². The van der Waals surface area contributed by atoms with Gasteiger partial charge in [-0.1, -0.05) is 42.4 Å². The highest BCUT2D eigenvalue weighted by Gasteiger charge is 2.29. The van der Waals surface area contributed by atoms with Gasteiger partial charge in [-0.05, 0) is 44.7 Å². The highest BCUT2D eigenvalue weighted by molar-refractivity contribution is 5.35. The first kappa shape index (κ1) is 13.2. The lowest BCUT2D eigenvalue weighted by Gasteiger charge is -2.20. The standard InChI is InChI=1S/C17H22O/c1-15-8-10-16(11-9-15)7-3-2-4-12-17(18)13-5-6-14-17/h8-11,18H,2,4-6,12-14H2,1H3. The van der Waals surface area contributed by atoms with E-state index in [4.69, 9.17) is 0 Å². The van der Waals surface area contributed by atoms with E-state index < -0.39 is 0 Å². The highest BCUT2D eigenvalue weighted by atomic mass is 16.3. The second-order valence-corrected chi connectivity index (χ2v) is 5.45. The van der Waals surface area contributed by atoms with Crippen LogP contribution >= 0.6 is 0 Å². The molecule has 2 rings (SSSR count). The summed E-state index contributed by atoms with van der Waals surface area (Å²) >= 11 is 0. The second kappa shape index (κ2) is 6.07. The van der Waals surface area contributed by atoms with Gasteiger partial charge in [-0.2, -0.15) is 0 Å². The Morgan fingerprint density at radius 3 is 2.50 bits per heavy atom. The molecule has 1 heteroatoms. The van der Waals surface area contributed by atoms with E-state index in [1.807, 2.05) is 0 Å². The molecule has 0 bridgehead atoms. The third kappa shape index (κ3) is 3.89. The Hall–Kier alpha value is -1.26. The van der Waals surface area contributed by atoms with Crippen LogP contribution in [0.5, 0.6) is 0 Å². The smallest absolute Gasteiger partial charge is 0.0648 e. The van der Waals surface area contributed by atoms with Crippen molar-refractivity contribution in [1.29, 1.82) is 0 Å². The first-order valence-electron chi connectivity index (χ1n) is 6.96. The van der Waals surface area contributed by atoms with E-state index in [9.17, 15) is 5.11 Å². The zero-order valence-electron chi connectivity index (χ0n) is 11.2. The van der Waals surface area contributed by atoms with Crippen molar-refractivity contribution < 1.29 is 5.11 Å². The first-order chi connectivity index (χ1) is 8.68. The lowest BCUT2D eigenvalue weighted by atomic mass is 9.95. The van der Waals surface area contributed by atoms with E-state index in [1.54, 1.807) is 0 Å². The van der Waals surface area contributed by atoms with Crippen molar-refractivity contribution in [3.8, 4) is 11.8 Å². The number of benzene rings is 1. The topological polar surface area (TPSA) is 20.2 Å². The Morgan fingerprint density at radius 2 is 1.83 bits per heavy atom. The zero-order valence-corrected chi connectivity index (χ0v) is 11.2. The van der Waals surface area contributed by atoms with Gasteiger partial charge in [-0.15, -0.1) is 0 Å². The van der Waals surface area contributed by atoms with Gasteiger partial charge in [0.05, 0.1) is 5.60 Å². The van der Waals surface area contributed by atoms with Gasteiger partial charge in [-0.25, -0.2) is 0 Å². The van der Waals surface area contributed by atoms with Gasteiger partial charge < -0.3 is 5.11 Å². The fourth-order valence-corrected chi connectivity index (χ4v) is 2.59. The average Bonchev–Trinajstić information content (AvgIpc) is 2.78. The van der Waals surface area contributed by atoms with Gasteiger partial charge in [0.15, 0.2) is 0 Å². The molecule has 0 saturated heterocycles. The first-order valence-corrected chi connectivity index (χ1v) is 6.96. The van der Waals surface area contributed by atoms with Gasteiger partial charge >= 0.3 is 0 Å².